The van der Waals surface area contributed by atoms with Gasteiger partial charge in [-0.3, -0.25) is 9.36 Å². The molecule has 1 aliphatic heterocycles. The first-order valence-electron chi connectivity index (χ1n) is 9.98. The van der Waals surface area contributed by atoms with Gasteiger partial charge in [0.15, 0.2) is 0 Å². The fourth-order valence-electron chi connectivity index (χ4n) is 4.24. The van der Waals surface area contributed by atoms with Crippen LogP contribution in [0.25, 0.3) is 11.4 Å². The second-order valence-electron chi connectivity index (χ2n) is 8.23. The second-order valence-corrected chi connectivity index (χ2v) is 8.23. The zero-order valence-corrected chi connectivity index (χ0v) is 16.5. The zero-order valence-electron chi connectivity index (χ0n) is 16.5. The van der Waals surface area contributed by atoms with Gasteiger partial charge in [0.2, 0.25) is 0 Å². The smallest absolute Gasteiger partial charge is 0.254 e. The van der Waals surface area contributed by atoms with Crippen LogP contribution < -0.4 is 5.56 Å². The van der Waals surface area contributed by atoms with Crippen LogP contribution in [0, 0.1) is 0 Å². The third-order valence-corrected chi connectivity index (χ3v) is 5.74. The molecule has 28 heavy (non-hydrogen) atoms. The van der Waals surface area contributed by atoms with E-state index >= 15 is 0 Å². The van der Waals surface area contributed by atoms with Crippen LogP contribution in [0.15, 0.2) is 59.8 Å². The highest BCUT2D eigenvalue weighted by molar-refractivity contribution is 5.52. The third-order valence-electron chi connectivity index (χ3n) is 5.74. The molecule has 1 aliphatic rings. The van der Waals surface area contributed by atoms with Crippen LogP contribution in [0.2, 0.25) is 0 Å². The number of hydrogen-bond acceptors (Lipinski definition) is 4. The van der Waals surface area contributed by atoms with Crippen LogP contribution in [0.5, 0.6) is 0 Å². The number of aromatic nitrogens is 4. The Labute approximate surface area is 165 Å². The van der Waals surface area contributed by atoms with Crippen molar-refractivity contribution in [3.63, 3.8) is 0 Å². The molecular weight excluding hydrogens is 348 g/mol. The van der Waals surface area contributed by atoms with Gasteiger partial charge in [-0.05, 0) is 36.3 Å². The summed E-state index contributed by atoms with van der Waals surface area (Å²) in [5, 5.41) is 0. The Bertz CT molecular complexity index is 996. The van der Waals surface area contributed by atoms with Gasteiger partial charge < -0.3 is 0 Å². The quantitative estimate of drug-likeness (QED) is 0.682. The summed E-state index contributed by atoms with van der Waals surface area (Å²) in [6.07, 6.45) is 7.32. The van der Waals surface area contributed by atoms with E-state index in [1.54, 1.807) is 18.3 Å². The molecule has 0 spiro atoms. The molecule has 2 aromatic heterocycles. The van der Waals surface area contributed by atoms with E-state index in [4.69, 9.17) is 4.98 Å². The van der Waals surface area contributed by atoms with E-state index in [1.807, 2.05) is 4.57 Å². The Kier molecular flexibility index (Phi) is 5.07. The van der Waals surface area contributed by atoms with E-state index < -0.39 is 0 Å². The standard InChI is InChI=1S/C23H26N4O/c1-23(2,18-9-4-3-5-10-18)15-17-8-6-7-13-27-21(28)14-20(26-22(17)27)19-11-12-24-16-25-19/h3-5,9-12,14,16-17H,6-8,13,15H2,1-2H3. The van der Waals surface area contributed by atoms with E-state index in [0.29, 0.717) is 11.4 Å². The zero-order chi connectivity index (χ0) is 19.6. The van der Waals surface area contributed by atoms with Gasteiger partial charge in [-0.2, -0.15) is 0 Å². The topological polar surface area (TPSA) is 60.7 Å². The third kappa shape index (κ3) is 3.75. The van der Waals surface area contributed by atoms with Crippen molar-refractivity contribution in [3.05, 3.63) is 76.7 Å². The van der Waals surface area contributed by atoms with E-state index in [-0.39, 0.29) is 16.9 Å². The van der Waals surface area contributed by atoms with Crippen molar-refractivity contribution in [3.8, 4) is 11.4 Å². The fraction of sp³-hybridized carbons (Fsp3) is 0.391. The van der Waals surface area contributed by atoms with Crippen LogP contribution in [0.1, 0.15) is 56.8 Å². The molecule has 1 atom stereocenters. The summed E-state index contributed by atoms with van der Waals surface area (Å²) in [4.78, 5) is 26.1. The number of hydrogen-bond donors (Lipinski definition) is 0. The SMILES string of the molecule is CC(C)(CC1CCCCn2c1nc(-c1ccncn1)cc2=O)c1ccccc1. The molecule has 0 N–H and O–H groups in total. The van der Waals surface area contributed by atoms with Gasteiger partial charge in [-0.1, -0.05) is 50.6 Å². The lowest BCUT2D eigenvalue weighted by Crippen LogP contribution is -2.28. The number of rotatable bonds is 4. The molecule has 3 heterocycles. The lowest BCUT2D eigenvalue weighted by Gasteiger charge is -2.30. The fourth-order valence-corrected chi connectivity index (χ4v) is 4.24. The minimum atomic E-state index is 0.00372. The van der Waals surface area contributed by atoms with Crippen molar-refractivity contribution in [1.82, 2.24) is 19.5 Å². The van der Waals surface area contributed by atoms with E-state index in [1.165, 1.54) is 11.9 Å². The maximum atomic E-state index is 12.9. The predicted molar refractivity (Wildman–Crippen MR) is 110 cm³/mol. The van der Waals surface area contributed by atoms with Crippen molar-refractivity contribution < 1.29 is 0 Å². The summed E-state index contributed by atoms with van der Waals surface area (Å²) in [6, 6.07) is 14.0. The molecular formula is C23H26N4O. The van der Waals surface area contributed by atoms with Crippen LogP contribution in [-0.4, -0.2) is 19.5 Å². The number of nitrogens with zero attached hydrogens (tertiary/aromatic N) is 4. The highest BCUT2D eigenvalue weighted by atomic mass is 16.1. The summed E-state index contributed by atoms with van der Waals surface area (Å²) in [7, 11) is 0. The van der Waals surface area contributed by atoms with Crippen molar-refractivity contribution in [2.24, 2.45) is 0 Å². The highest BCUT2D eigenvalue weighted by Crippen LogP contribution is 2.38. The molecule has 1 unspecified atom stereocenters. The van der Waals surface area contributed by atoms with Gasteiger partial charge in [0.25, 0.3) is 5.56 Å². The van der Waals surface area contributed by atoms with E-state index in [2.05, 4.69) is 54.1 Å². The minimum absolute atomic E-state index is 0.00372. The summed E-state index contributed by atoms with van der Waals surface area (Å²) in [5.41, 5.74) is 2.68. The van der Waals surface area contributed by atoms with Gasteiger partial charge in [0.1, 0.15) is 12.2 Å². The lowest BCUT2D eigenvalue weighted by atomic mass is 9.75. The molecule has 0 aliphatic carbocycles. The van der Waals surface area contributed by atoms with E-state index in [9.17, 15) is 4.79 Å². The summed E-state index contributed by atoms with van der Waals surface area (Å²) in [5.74, 6) is 1.15. The highest BCUT2D eigenvalue weighted by Gasteiger charge is 2.30. The molecule has 0 saturated heterocycles. The molecule has 144 valence electrons. The Hall–Kier alpha value is -2.82. The van der Waals surface area contributed by atoms with Crippen molar-refractivity contribution in [1.29, 1.82) is 0 Å². The Balaban J connectivity index is 1.75. The van der Waals surface area contributed by atoms with Gasteiger partial charge in [0.05, 0.1) is 11.4 Å². The maximum absolute atomic E-state index is 12.9. The molecule has 1 aromatic carbocycles. The average molecular weight is 374 g/mol. The average Bonchev–Trinajstić information content (AvgIpc) is 2.92. The first-order chi connectivity index (χ1) is 13.5. The lowest BCUT2D eigenvalue weighted by molar-refractivity contribution is 0.396. The molecule has 4 rings (SSSR count). The first kappa shape index (κ1) is 18.5. The molecule has 3 aromatic rings. The van der Waals surface area contributed by atoms with E-state index in [0.717, 1.165) is 38.1 Å². The molecule has 5 heteroatoms. The maximum Gasteiger partial charge on any atom is 0.254 e. The van der Waals surface area contributed by atoms with Gasteiger partial charge in [-0.25, -0.2) is 15.0 Å². The molecule has 5 nitrogen and oxygen atoms in total. The van der Waals surface area contributed by atoms with Crippen molar-refractivity contribution >= 4 is 0 Å². The number of fused-ring (bicyclic) bond motifs is 1. The van der Waals surface area contributed by atoms with Crippen LogP contribution in [0.4, 0.5) is 0 Å². The largest absolute Gasteiger partial charge is 0.296 e. The summed E-state index contributed by atoms with van der Waals surface area (Å²) in [6.45, 7) is 5.31. The predicted octanol–water partition coefficient (Wildman–Crippen LogP) is 4.34. The van der Waals surface area contributed by atoms with Gasteiger partial charge in [-0.15, -0.1) is 0 Å². The normalized spacial score (nSPS) is 17.0. The van der Waals surface area contributed by atoms with Gasteiger partial charge in [0, 0.05) is 24.7 Å². The summed E-state index contributed by atoms with van der Waals surface area (Å²) < 4.78 is 1.88. The Morgan fingerprint density at radius 1 is 1.11 bits per heavy atom. The van der Waals surface area contributed by atoms with Crippen LogP contribution >= 0.6 is 0 Å². The Morgan fingerprint density at radius 2 is 1.93 bits per heavy atom. The molecule has 0 amide bonds. The van der Waals surface area contributed by atoms with Gasteiger partial charge >= 0.3 is 0 Å². The molecule has 0 fully saturated rings. The summed E-state index contributed by atoms with van der Waals surface area (Å²) >= 11 is 0. The number of benzene rings is 1. The molecule has 0 radical (unpaired) electrons. The van der Waals surface area contributed by atoms with Crippen molar-refractivity contribution in [2.75, 3.05) is 0 Å². The van der Waals surface area contributed by atoms with Crippen molar-refractivity contribution in [2.45, 2.75) is 57.4 Å². The molecule has 0 saturated carbocycles. The monoisotopic (exact) mass is 374 g/mol. The Morgan fingerprint density at radius 3 is 2.68 bits per heavy atom. The second kappa shape index (κ2) is 7.66. The molecule has 0 bridgehead atoms. The van der Waals surface area contributed by atoms with Crippen LogP contribution in [-0.2, 0) is 12.0 Å². The minimum Gasteiger partial charge on any atom is -0.296 e. The van der Waals surface area contributed by atoms with Crippen LogP contribution in [0.3, 0.4) is 0 Å². The first-order valence-corrected chi connectivity index (χ1v) is 9.98.